The van der Waals surface area contributed by atoms with Crippen molar-refractivity contribution in [3.05, 3.63) is 24.3 Å². The molecule has 2 atom stereocenters. The molecule has 0 aliphatic carbocycles. The molecule has 1 fully saturated rings. The minimum atomic E-state index is -0.417. The number of anilines is 1. The third-order valence-corrected chi connectivity index (χ3v) is 4.60. The molecule has 2 unspecified atom stereocenters. The highest BCUT2D eigenvalue weighted by Crippen LogP contribution is 2.23. The van der Waals surface area contributed by atoms with Gasteiger partial charge in [-0.05, 0) is 12.1 Å². The first kappa shape index (κ1) is 19.1. The standard InChI is InChI=1S/C16H22N4O4S/c1-17-13(21)7-10-8-14(22)20-16(18-10)25-9-15(23)19-11-5-3-4-6-12(11)24-2/h3-6,10,16,18H,7-9H2,1-2H3,(H,17,21)(H,19,23)(H,20,22). The van der Waals surface area contributed by atoms with Crippen LogP contribution >= 0.6 is 11.8 Å². The molecule has 0 aromatic heterocycles. The average Bonchev–Trinajstić information content (AvgIpc) is 2.60. The van der Waals surface area contributed by atoms with Crippen LogP contribution in [0.25, 0.3) is 0 Å². The van der Waals surface area contributed by atoms with Gasteiger partial charge in [0.05, 0.1) is 18.6 Å². The monoisotopic (exact) mass is 366 g/mol. The lowest BCUT2D eigenvalue weighted by Gasteiger charge is -2.30. The van der Waals surface area contributed by atoms with E-state index in [0.717, 1.165) is 0 Å². The Morgan fingerprint density at radius 1 is 1.32 bits per heavy atom. The first-order valence-corrected chi connectivity index (χ1v) is 8.87. The van der Waals surface area contributed by atoms with E-state index in [1.165, 1.54) is 18.9 Å². The number of amides is 3. The molecule has 3 amide bonds. The fourth-order valence-corrected chi connectivity index (χ4v) is 3.28. The Hall–Kier alpha value is -2.26. The molecule has 4 N–H and O–H groups in total. The lowest BCUT2D eigenvalue weighted by molar-refractivity contribution is -0.125. The molecule has 1 aromatic rings. The third-order valence-electron chi connectivity index (χ3n) is 3.58. The molecule has 1 aliphatic rings. The first-order chi connectivity index (χ1) is 12.0. The van der Waals surface area contributed by atoms with Crippen molar-refractivity contribution in [1.82, 2.24) is 16.0 Å². The molecule has 0 radical (unpaired) electrons. The number of hydrogen-bond donors (Lipinski definition) is 4. The molecule has 8 nitrogen and oxygen atoms in total. The van der Waals surface area contributed by atoms with Gasteiger partial charge in [-0.25, -0.2) is 0 Å². The van der Waals surface area contributed by atoms with Crippen molar-refractivity contribution in [1.29, 1.82) is 0 Å². The number of carbonyl (C=O) groups excluding carboxylic acids is 3. The van der Waals surface area contributed by atoms with Gasteiger partial charge in [-0.1, -0.05) is 12.1 Å². The van der Waals surface area contributed by atoms with Crippen molar-refractivity contribution in [3.8, 4) is 5.75 Å². The SMILES string of the molecule is CNC(=O)CC1CC(=O)NC(SCC(=O)Nc2ccccc2OC)N1. The summed E-state index contributed by atoms with van der Waals surface area (Å²) in [5.41, 5.74) is 0.174. The summed E-state index contributed by atoms with van der Waals surface area (Å²) >= 11 is 1.25. The number of benzene rings is 1. The number of para-hydroxylation sites is 2. The third kappa shape index (κ3) is 5.95. The minimum Gasteiger partial charge on any atom is -0.495 e. The van der Waals surface area contributed by atoms with Crippen LogP contribution in [0.3, 0.4) is 0 Å². The van der Waals surface area contributed by atoms with E-state index in [9.17, 15) is 14.4 Å². The first-order valence-electron chi connectivity index (χ1n) is 7.82. The van der Waals surface area contributed by atoms with Crippen LogP contribution in [-0.2, 0) is 14.4 Å². The molecular formula is C16H22N4O4S. The summed E-state index contributed by atoms with van der Waals surface area (Å²) in [6.45, 7) is 0. The largest absolute Gasteiger partial charge is 0.495 e. The van der Waals surface area contributed by atoms with Gasteiger partial charge in [0.25, 0.3) is 0 Å². The van der Waals surface area contributed by atoms with Crippen molar-refractivity contribution in [2.75, 3.05) is 25.2 Å². The fourth-order valence-electron chi connectivity index (χ4n) is 2.38. The van der Waals surface area contributed by atoms with Crippen LogP contribution in [0.15, 0.2) is 24.3 Å². The lowest BCUT2D eigenvalue weighted by Crippen LogP contribution is -2.55. The van der Waals surface area contributed by atoms with Gasteiger partial charge < -0.3 is 20.7 Å². The summed E-state index contributed by atoms with van der Waals surface area (Å²) < 4.78 is 5.19. The van der Waals surface area contributed by atoms with Crippen molar-refractivity contribution >= 4 is 35.2 Å². The van der Waals surface area contributed by atoms with Crippen LogP contribution in [0.5, 0.6) is 5.75 Å². The Bertz CT molecular complexity index is 640. The van der Waals surface area contributed by atoms with E-state index in [0.29, 0.717) is 11.4 Å². The average molecular weight is 366 g/mol. The van der Waals surface area contributed by atoms with Crippen molar-refractivity contribution in [3.63, 3.8) is 0 Å². The molecule has 1 saturated heterocycles. The van der Waals surface area contributed by atoms with E-state index in [1.807, 2.05) is 6.07 Å². The van der Waals surface area contributed by atoms with Crippen molar-refractivity contribution < 1.29 is 19.1 Å². The number of methoxy groups -OCH3 is 1. The number of carbonyl (C=O) groups is 3. The fraction of sp³-hybridized carbons (Fsp3) is 0.438. The predicted octanol–water partition coefficient (Wildman–Crippen LogP) is 0.265. The second-order valence-corrected chi connectivity index (χ2v) is 6.55. The van der Waals surface area contributed by atoms with E-state index in [4.69, 9.17) is 4.74 Å². The van der Waals surface area contributed by atoms with Crippen molar-refractivity contribution in [2.45, 2.75) is 24.4 Å². The molecule has 9 heteroatoms. The second-order valence-electron chi connectivity index (χ2n) is 5.45. The van der Waals surface area contributed by atoms with Crippen LogP contribution in [0, 0.1) is 0 Å². The highest BCUT2D eigenvalue weighted by Gasteiger charge is 2.27. The molecule has 25 heavy (non-hydrogen) atoms. The summed E-state index contributed by atoms with van der Waals surface area (Å²) in [4.78, 5) is 35.3. The van der Waals surface area contributed by atoms with Gasteiger partial charge in [0.2, 0.25) is 17.7 Å². The van der Waals surface area contributed by atoms with Crippen LogP contribution in [0.2, 0.25) is 0 Å². The van der Waals surface area contributed by atoms with E-state index in [2.05, 4.69) is 21.3 Å². The molecule has 0 bridgehead atoms. The molecule has 1 aliphatic heterocycles. The molecule has 2 rings (SSSR count). The maximum absolute atomic E-state index is 12.1. The summed E-state index contributed by atoms with van der Waals surface area (Å²) in [5.74, 6) is 0.234. The van der Waals surface area contributed by atoms with Gasteiger partial charge in [-0.3, -0.25) is 19.7 Å². The highest BCUT2D eigenvalue weighted by molar-refractivity contribution is 8.00. The molecule has 1 heterocycles. The highest BCUT2D eigenvalue weighted by atomic mass is 32.2. The van der Waals surface area contributed by atoms with Gasteiger partial charge in [0, 0.05) is 25.9 Å². The Morgan fingerprint density at radius 2 is 2.08 bits per heavy atom. The minimum absolute atomic E-state index is 0.134. The maximum atomic E-state index is 12.1. The molecular weight excluding hydrogens is 344 g/mol. The molecule has 136 valence electrons. The summed E-state index contributed by atoms with van der Waals surface area (Å²) in [6, 6.07) is 6.88. The zero-order chi connectivity index (χ0) is 18.2. The lowest BCUT2D eigenvalue weighted by atomic mass is 10.1. The van der Waals surface area contributed by atoms with Crippen LogP contribution in [-0.4, -0.2) is 49.2 Å². The maximum Gasteiger partial charge on any atom is 0.234 e. The zero-order valence-electron chi connectivity index (χ0n) is 14.1. The number of nitrogens with one attached hydrogen (secondary N) is 4. The van der Waals surface area contributed by atoms with E-state index in [-0.39, 0.29) is 42.4 Å². The number of ether oxygens (including phenoxy) is 1. The second kappa shape index (κ2) is 9.28. The van der Waals surface area contributed by atoms with Crippen LogP contribution in [0.4, 0.5) is 5.69 Å². The number of rotatable bonds is 7. The topological polar surface area (TPSA) is 109 Å². The number of hydrogen-bond acceptors (Lipinski definition) is 6. The van der Waals surface area contributed by atoms with Crippen LogP contribution in [0.1, 0.15) is 12.8 Å². The van der Waals surface area contributed by atoms with Gasteiger partial charge >= 0.3 is 0 Å². The Kier molecular flexibility index (Phi) is 7.08. The van der Waals surface area contributed by atoms with Gasteiger partial charge in [0.1, 0.15) is 11.2 Å². The van der Waals surface area contributed by atoms with Gasteiger partial charge in [0.15, 0.2) is 0 Å². The zero-order valence-corrected chi connectivity index (χ0v) is 14.9. The van der Waals surface area contributed by atoms with E-state index >= 15 is 0 Å². The Morgan fingerprint density at radius 3 is 2.80 bits per heavy atom. The van der Waals surface area contributed by atoms with Crippen molar-refractivity contribution in [2.24, 2.45) is 0 Å². The van der Waals surface area contributed by atoms with E-state index in [1.54, 1.807) is 25.2 Å². The summed E-state index contributed by atoms with van der Waals surface area (Å²) in [5, 5.41) is 11.2. The molecule has 0 saturated carbocycles. The van der Waals surface area contributed by atoms with Crippen LogP contribution < -0.4 is 26.0 Å². The summed E-state index contributed by atoms with van der Waals surface area (Å²) in [7, 11) is 3.09. The van der Waals surface area contributed by atoms with Gasteiger partial charge in [-0.2, -0.15) is 0 Å². The quantitative estimate of drug-likeness (QED) is 0.551. The molecule has 1 aromatic carbocycles. The summed E-state index contributed by atoms with van der Waals surface area (Å²) in [6.07, 6.45) is 0.451. The van der Waals surface area contributed by atoms with E-state index < -0.39 is 5.50 Å². The normalized spacial score (nSPS) is 19.7. The van der Waals surface area contributed by atoms with Gasteiger partial charge in [-0.15, -0.1) is 11.8 Å². The predicted molar refractivity (Wildman–Crippen MR) is 96.2 cm³/mol. The number of thioether (sulfide) groups is 1. The Balaban J connectivity index is 1.84. The smallest absolute Gasteiger partial charge is 0.234 e. The Labute approximate surface area is 150 Å². The molecule has 0 spiro atoms.